The standard InChI is InChI=1S/C30H38ClNO6/c1-7-14-34-25-13-11-21(16-23(25)31)9-8-20-10-12-24-22(15-20)17-26(37-24)30(18-35-29(5,6)36-19-30)32-27(33)38-28(2,3)4/h10-13,15-17H,7-9,14,18-19H2,1-6H3,(H,32,33). The molecule has 1 aromatic heterocycles. The van der Waals surface area contributed by atoms with Crippen LogP contribution in [-0.2, 0) is 32.6 Å². The molecule has 0 atom stereocenters. The summed E-state index contributed by atoms with van der Waals surface area (Å²) < 4.78 is 29.3. The molecule has 206 valence electrons. The highest BCUT2D eigenvalue weighted by molar-refractivity contribution is 6.32. The van der Waals surface area contributed by atoms with Gasteiger partial charge in [0.15, 0.2) is 5.79 Å². The first kappa shape index (κ1) is 28.3. The fourth-order valence-corrected chi connectivity index (χ4v) is 4.51. The monoisotopic (exact) mass is 543 g/mol. The van der Waals surface area contributed by atoms with Crippen LogP contribution in [0.25, 0.3) is 11.0 Å². The van der Waals surface area contributed by atoms with Crippen LogP contribution in [0.1, 0.15) is 64.9 Å². The van der Waals surface area contributed by atoms with Crippen LogP contribution in [-0.4, -0.2) is 37.3 Å². The number of rotatable bonds is 8. The van der Waals surface area contributed by atoms with Crippen molar-refractivity contribution in [1.29, 1.82) is 0 Å². The SMILES string of the molecule is CCCOc1ccc(CCc2ccc3oc(C4(NC(=O)OC(C)(C)C)COC(C)(C)OC4)cc3c2)cc1Cl. The fourth-order valence-electron chi connectivity index (χ4n) is 4.25. The molecule has 2 aromatic carbocycles. The molecule has 1 aliphatic rings. The van der Waals surface area contributed by atoms with E-state index in [1.54, 1.807) is 0 Å². The van der Waals surface area contributed by atoms with Gasteiger partial charge in [-0.25, -0.2) is 4.79 Å². The maximum Gasteiger partial charge on any atom is 0.408 e. The zero-order valence-electron chi connectivity index (χ0n) is 23.1. The number of amides is 1. The van der Waals surface area contributed by atoms with Crippen molar-refractivity contribution < 1.29 is 28.2 Å². The summed E-state index contributed by atoms with van der Waals surface area (Å²) in [4.78, 5) is 12.7. The molecule has 3 aromatic rings. The Morgan fingerprint density at radius 1 is 1.03 bits per heavy atom. The van der Waals surface area contributed by atoms with Crippen LogP contribution in [0.5, 0.6) is 5.75 Å². The topological polar surface area (TPSA) is 79.2 Å². The number of aryl methyl sites for hydroxylation is 2. The van der Waals surface area contributed by atoms with Gasteiger partial charge in [0.25, 0.3) is 0 Å². The smallest absolute Gasteiger partial charge is 0.408 e. The first-order chi connectivity index (χ1) is 17.9. The second kappa shape index (κ2) is 11.2. The van der Waals surface area contributed by atoms with Crippen molar-refractivity contribution in [3.05, 3.63) is 64.4 Å². The number of hydrogen-bond acceptors (Lipinski definition) is 6. The molecule has 0 aliphatic carbocycles. The van der Waals surface area contributed by atoms with Crippen LogP contribution in [0, 0.1) is 0 Å². The lowest BCUT2D eigenvalue weighted by molar-refractivity contribution is -0.274. The summed E-state index contributed by atoms with van der Waals surface area (Å²) in [7, 11) is 0. The van der Waals surface area contributed by atoms with Gasteiger partial charge in [-0.3, -0.25) is 0 Å². The van der Waals surface area contributed by atoms with Gasteiger partial charge in [-0.05, 0) is 95.3 Å². The molecular formula is C30H38ClNO6. The second-order valence-corrected chi connectivity index (χ2v) is 11.7. The Bertz CT molecular complexity index is 1270. The quantitative estimate of drug-likeness (QED) is 0.324. The normalized spacial score (nSPS) is 16.8. The molecule has 1 fully saturated rings. The van der Waals surface area contributed by atoms with Crippen LogP contribution < -0.4 is 10.1 Å². The first-order valence-corrected chi connectivity index (χ1v) is 13.5. The Labute approximate surface area is 229 Å². The zero-order valence-corrected chi connectivity index (χ0v) is 23.9. The Balaban J connectivity index is 1.52. The number of alkyl carbamates (subject to hydrolysis) is 1. The van der Waals surface area contributed by atoms with Crippen molar-refractivity contribution in [2.24, 2.45) is 0 Å². The zero-order chi connectivity index (χ0) is 27.6. The van der Waals surface area contributed by atoms with E-state index in [0.717, 1.165) is 41.5 Å². The maximum absolute atomic E-state index is 12.7. The van der Waals surface area contributed by atoms with Crippen molar-refractivity contribution >= 4 is 28.7 Å². The average molecular weight is 544 g/mol. The summed E-state index contributed by atoms with van der Waals surface area (Å²) in [6, 6.07) is 14.0. The van der Waals surface area contributed by atoms with Crippen LogP contribution in [0.2, 0.25) is 5.02 Å². The third-order valence-electron chi connectivity index (χ3n) is 6.29. The molecule has 1 amide bonds. The molecular weight excluding hydrogens is 506 g/mol. The predicted molar refractivity (Wildman–Crippen MR) is 148 cm³/mol. The molecule has 8 heteroatoms. The summed E-state index contributed by atoms with van der Waals surface area (Å²) >= 11 is 6.41. The third kappa shape index (κ3) is 7.01. The summed E-state index contributed by atoms with van der Waals surface area (Å²) in [5, 5.41) is 4.53. The molecule has 2 heterocycles. The molecule has 4 rings (SSSR count). The van der Waals surface area contributed by atoms with Gasteiger partial charge < -0.3 is 28.7 Å². The van der Waals surface area contributed by atoms with Crippen molar-refractivity contribution in [2.45, 2.75) is 77.7 Å². The van der Waals surface area contributed by atoms with E-state index in [1.165, 1.54) is 5.56 Å². The Morgan fingerprint density at radius 3 is 2.32 bits per heavy atom. The number of fused-ring (bicyclic) bond motifs is 1. The van der Waals surface area contributed by atoms with Crippen LogP contribution in [0.15, 0.2) is 46.9 Å². The van der Waals surface area contributed by atoms with Crippen LogP contribution >= 0.6 is 11.6 Å². The molecule has 0 unspecified atom stereocenters. The molecule has 7 nitrogen and oxygen atoms in total. The van der Waals surface area contributed by atoms with Crippen molar-refractivity contribution in [3.8, 4) is 5.75 Å². The van der Waals surface area contributed by atoms with E-state index < -0.39 is 23.0 Å². The number of hydrogen-bond donors (Lipinski definition) is 1. The highest BCUT2D eigenvalue weighted by Crippen LogP contribution is 2.35. The van der Waals surface area contributed by atoms with Gasteiger partial charge in [-0.15, -0.1) is 0 Å². The summed E-state index contributed by atoms with van der Waals surface area (Å²) in [6.45, 7) is 12.2. The predicted octanol–water partition coefficient (Wildman–Crippen LogP) is 7.16. The third-order valence-corrected chi connectivity index (χ3v) is 6.58. The summed E-state index contributed by atoms with van der Waals surface area (Å²) in [5.74, 6) is 0.514. The molecule has 1 aliphatic heterocycles. The van der Waals surface area contributed by atoms with Gasteiger partial charge in [0.05, 0.1) is 24.8 Å². The number of carbonyl (C=O) groups excluding carboxylic acids is 1. The molecule has 1 N–H and O–H groups in total. The molecule has 0 radical (unpaired) electrons. The van der Waals surface area contributed by atoms with Gasteiger partial charge in [0.2, 0.25) is 0 Å². The Morgan fingerprint density at radius 2 is 1.68 bits per heavy atom. The van der Waals surface area contributed by atoms with Gasteiger partial charge >= 0.3 is 6.09 Å². The van der Waals surface area contributed by atoms with Gasteiger partial charge in [0, 0.05) is 5.39 Å². The van der Waals surface area contributed by atoms with Gasteiger partial charge in [-0.2, -0.15) is 0 Å². The largest absolute Gasteiger partial charge is 0.492 e. The Hall–Kier alpha value is -2.74. The van der Waals surface area contributed by atoms with E-state index in [2.05, 4.69) is 30.4 Å². The van der Waals surface area contributed by atoms with Crippen molar-refractivity contribution in [3.63, 3.8) is 0 Å². The van der Waals surface area contributed by atoms with Gasteiger partial charge in [0.1, 0.15) is 28.2 Å². The molecule has 1 saturated heterocycles. The number of ether oxygens (including phenoxy) is 4. The van der Waals surface area contributed by atoms with E-state index >= 15 is 0 Å². The van der Waals surface area contributed by atoms with E-state index in [0.29, 0.717) is 17.4 Å². The van der Waals surface area contributed by atoms with E-state index in [-0.39, 0.29) is 13.2 Å². The van der Waals surface area contributed by atoms with E-state index in [4.69, 9.17) is 35.0 Å². The summed E-state index contributed by atoms with van der Waals surface area (Å²) in [6.07, 6.45) is 2.05. The number of benzene rings is 2. The number of nitrogens with one attached hydrogen (secondary N) is 1. The second-order valence-electron chi connectivity index (χ2n) is 11.3. The highest BCUT2D eigenvalue weighted by atomic mass is 35.5. The number of halogens is 1. The minimum atomic E-state index is -1.02. The van der Waals surface area contributed by atoms with Crippen LogP contribution in [0.4, 0.5) is 4.79 Å². The molecule has 0 bridgehead atoms. The lowest BCUT2D eigenvalue weighted by Crippen LogP contribution is -2.59. The minimum absolute atomic E-state index is 0.185. The highest BCUT2D eigenvalue weighted by Gasteiger charge is 2.46. The number of furan rings is 1. The van der Waals surface area contributed by atoms with Crippen molar-refractivity contribution in [1.82, 2.24) is 5.32 Å². The first-order valence-electron chi connectivity index (χ1n) is 13.1. The van der Waals surface area contributed by atoms with E-state index in [1.807, 2.05) is 58.9 Å². The van der Waals surface area contributed by atoms with Gasteiger partial charge in [-0.1, -0.05) is 30.7 Å². The fraction of sp³-hybridized carbons (Fsp3) is 0.500. The molecule has 0 saturated carbocycles. The lowest BCUT2D eigenvalue weighted by Gasteiger charge is -2.42. The van der Waals surface area contributed by atoms with E-state index in [9.17, 15) is 4.79 Å². The van der Waals surface area contributed by atoms with Crippen LogP contribution in [0.3, 0.4) is 0 Å². The molecule has 0 spiro atoms. The molecule has 38 heavy (non-hydrogen) atoms. The maximum atomic E-state index is 12.7. The lowest BCUT2D eigenvalue weighted by atomic mass is 9.96. The number of carbonyl (C=O) groups is 1. The average Bonchev–Trinajstić information content (AvgIpc) is 3.27. The minimum Gasteiger partial charge on any atom is -0.492 e. The van der Waals surface area contributed by atoms with Crippen molar-refractivity contribution in [2.75, 3.05) is 19.8 Å². The summed E-state index contributed by atoms with van der Waals surface area (Å²) in [5.41, 5.74) is 1.37. The Kier molecular flexibility index (Phi) is 8.31.